The van der Waals surface area contributed by atoms with Gasteiger partial charge in [0.2, 0.25) is 0 Å². The Morgan fingerprint density at radius 2 is 1.11 bits per heavy atom. The molecule has 3 fully saturated rings. The third-order valence-corrected chi connectivity index (χ3v) is 9.74. The van der Waals surface area contributed by atoms with E-state index in [0.29, 0.717) is 0 Å². The summed E-state index contributed by atoms with van der Waals surface area (Å²) in [4.78, 5) is 45.5. The molecule has 0 bridgehead atoms. The van der Waals surface area contributed by atoms with Gasteiger partial charge in [0.05, 0.1) is 25.9 Å². The molecule has 4 aromatic heterocycles. The zero-order valence-electron chi connectivity index (χ0n) is 23.4. The second kappa shape index (κ2) is 11.8. The Morgan fingerprint density at radius 1 is 0.696 bits per heavy atom. The van der Waals surface area contributed by atoms with Crippen LogP contribution in [0.5, 0.6) is 0 Å². The van der Waals surface area contributed by atoms with Crippen molar-refractivity contribution in [3.05, 3.63) is 25.3 Å². The maximum Gasteiger partial charge on any atom is 0.353 e. The van der Waals surface area contributed by atoms with Crippen molar-refractivity contribution in [3.8, 4) is 0 Å². The highest BCUT2D eigenvalue weighted by Crippen LogP contribution is 2.48. The van der Waals surface area contributed by atoms with Gasteiger partial charge in [-0.2, -0.15) is 0 Å². The molecule has 4 unspecified atom stereocenters. The lowest BCUT2D eigenvalue weighted by Gasteiger charge is -2.26. The van der Waals surface area contributed by atoms with Crippen LogP contribution in [0.15, 0.2) is 25.3 Å². The third-order valence-electron chi connectivity index (χ3n) is 7.68. The number of aromatic nitrogens is 8. The number of hydrogen-bond donors (Lipinski definition) is 6. The first kappa shape index (κ1) is 31.4. The minimum absolute atomic E-state index is 0.0799. The van der Waals surface area contributed by atoms with Gasteiger partial charge >= 0.3 is 15.2 Å². The van der Waals surface area contributed by atoms with Crippen LogP contribution in [0.25, 0.3) is 22.3 Å². The highest BCUT2D eigenvalue weighted by molar-refractivity contribution is 7.52. The van der Waals surface area contributed by atoms with E-state index in [4.69, 9.17) is 39.5 Å². The van der Waals surface area contributed by atoms with Crippen molar-refractivity contribution < 1.29 is 57.1 Å². The van der Waals surface area contributed by atoms with Crippen LogP contribution in [0, 0.1) is 0 Å². The van der Waals surface area contributed by atoms with Gasteiger partial charge in [0, 0.05) is 0 Å². The Kier molecular flexibility index (Phi) is 8.03. The SMILES string of the molecule is Nc1ncnc2c1ncn2[C@@H]1O[C@@H]2COP(=O)(O)COC3[C@@H](O)[C@H](n4cnc5c(N)ncnc54)O[C@@H]3COP(=O)(O)COC2[C@H]1O. The highest BCUT2D eigenvalue weighted by atomic mass is 31.2. The molecule has 24 heteroatoms. The summed E-state index contributed by atoms with van der Waals surface area (Å²) < 4.78 is 62.5. The summed E-state index contributed by atoms with van der Waals surface area (Å²) in [6.07, 6.45) is -7.51. The number of imidazole rings is 2. The van der Waals surface area contributed by atoms with Gasteiger partial charge in [0.25, 0.3) is 0 Å². The number of nitrogens with two attached hydrogens (primary N) is 2. The lowest BCUT2D eigenvalue weighted by atomic mass is 10.1. The molecule has 0 saturated carbocycles. The van der Waals surface area contributed by atoms with Crippen LogP contribution in [0.3, 0.4) is 0 Å². The van der Waals surface area contributed by atoms with E-state index >= 15 is 0 Å². The molecule has 8 N–H and O–H groups in total. The number of rotatable bonds is 2. The Balaban J connectivity index is 1.13. The number of aliphatic hydroxyl groups excluding tert-OH is 2. The molecular formula is C22H28N10O12P2. The molecule has 3 aliphatic heterocycles. The topological polar surface area (TPSA) is 310 Å². The molecular weight excluding hydrogens is 658 g/mol. The first-order valence-electron chi connectivity index (χ1n) is 13.6. The van der Waals surface area contributed by atoms with Crippen LogP contribution in [0.2, 0.25) is 0 Å². The van der Waals surface area contributed by atoms with Crippen molar-refractivity contribution >= 4 is 49.2 Å². The van der Waals surface area contributed by atoms with Gasteiger partial charge < -0.3 is 59.5 Å². The van der Waals surface area contributed by atoms with E-state index in [-0.39, 0.29) is 34.0 Å². The summed E-state index contributed by atoms with van der Waals surface area (Å²) in [7, 11) is -9.10. The van der Waals surface area contributed by atoms with E-state index in [1.165, 1.54) is 34.4 Å². The van der Waals surface area contributed by atoms with E-state index in [1.54, 1.807) is 0 Å². The minimum Gasteiger partial charge on any atom is -0.386 e. The molecule has 3 aliphatic rings. The quantitative estimate of drug-likeness (QED) is 0.130. The Hall–Kier alpha value is -3.24. The fraction of sp³-hybridized carbons (Fsp3) is 0.545. The van der Waals surface area contributed by atoms with Crippen molar-refractivity contribution in [2.45, 2.75) is 49.1 Å². The fourth-order valence-corrected chi connectivity index (χ4v) is 7.14. The number of aliphatic hydroxyl groups is 2. The molecule has 3 saturated heterocycles. The van der Waals surface area contributed by atoms with Crippen molar-refractivity contribution in [2.75, 3.05) is 37.4 Å². The van der Waals surface area contributed by atoms with Crippen molar-refractivity contribution in [1.82, 2.24) is 39.0 Å². The first-order valence-corrected chi connectivity index (χ1v) is 17.1. The molecule has 22 nitrogen and oxygen atoms in total. The van der Waals surface area contributed by atoms with E-state index in [9.17, 15) is 29.1 Å². The predicted molar refractivity (Wildman–Crippen MR) is 150 cm³/mol. The standard InChI is InChI=1S/C22H28N10O12P2/c23-17-11-19(27-3-25-17)31(5-29-11)21-13(33)15-9(43-21)1-41-45(35,36)7-40-16-10(2-42-46(37,38)8-39-15)44-22(14(16)34)32-6-30-12-18(24)26-4-28-20(12)32/h3-6,9-10,13-16,21-22,33-34H,1-2,7-8H2,(H,35,36)(H,37,38)(H2,23,25,27)(H2,24,26,28)/t9-,10-,13-,14-,15?,16?,21-,22-/m1/s1. The van der Waals surface area contributed by atoms with Crippen molar-refractivity contribution in [3.63, 3.8) is 0 Å². The van der Waals surface area contributed by atoms with Gasteiger partial charge in [0.15, 0.2) is 35.4 Å². The minimum atomic E-state index is -4.55. The molecule has 248 valence electrons. The summed E-state index contributed by atoms with van der Waals surface area (Å²) in [5, 5.41) is 22.4. The normalized spacial score (nSPS) is 37.7. The summed E-state index contributed by atoms with van der Waals surface area (Å²) in [5.41, 5.74) is 12.6. The summed E-state index contributed by atoms with van der Waals surface area (Å²) in [6, 6.07) is 0. The number of anilines is 2. The largest absolute Gasteiger partial charge is 0.386 e. The monoisotopic (exact) mass is 686 g/mol. The summed E-state index contributed by atoms with van der Waals surface area (Å²) in [6.45, 7) is -1.23. The molecule has 0 radical (unpaired) electrons. The predicted octanol–water partition coefficient (Wildman–Crippen LogP) is -1.55. The molecule has 10 atom stereocenters. The third kappa shape index (κ3) is 5.65. The van der Waals surface area contributed by atoms with Gasteiger partial charge in [-0.05, 0) is 0 Å². The number of ether oxygens (including phenoxy) is 4. The lowest BCUT2D eigenvalue weighted by molar-refractivity contribution is -0.0655. The fourth-order valence-electron chi connectivity index (χ4n) is 5.51. The first-order chi connectivity index (χ1) is 21.9. The van der Waals surface area contributed by atoms with Crippen LogP contribution in [0.4, 0.5) is 11.6 Å². The maximum atomic E-state index is 13.1. The van der Waals surface area contributed by atoms with Crippen LogP contribution in [-0.2, 0) is 37.1 Å². The van der Waals surface area contributed by atoms with Crippen LogP contribution < -0.4 is 11.5 Å². The average Bonchev–Trinajstić information content (AvgIpc) is 3.77. The number of hydrogen-bond acceptors (Lipinski definition) is 18. The van der Waals surface area contributed by atoms with Crippen LogP contribution in [-0.4, -0.2) is 122 Å². The Labute approximate surface area is 257 Å². The molecule has 0 amide bonds. The smallest absolute Gasteiger partial charge is 0.353 e. The number of nitrogen functional groups attached to an aromatic ring is 2. The molecule has 7 rings (SSSR count). The zero-order chi connectivity index (χ0) is 32.4. The Morgan fingerprint density at radius 3 is 1.52 bits per heavy atom. The van der Waals surface area contributed by atoms with Gasteiger partial charge in [-0.25, -0.2) is 29.9 Å². The number of fused-ring (bicyclic) bond motifs is 4. The molecule has 46 heavy (non-hydrogen) atoms. The number of nitrogens with zero attached hydrogens (tertiary/aromatic N) is 8. The van der Waals surface area contributed by atoms with Crippen LogP contribution >= 0.6 is 15.2 Å². The molecule has 0 aromatic carbocycles. The second-order valence-electron chi connectivity index (χ2n) is 10.7. The van der Waals surface area contributed by atoms with Gasteiger partial charge in [-0.3, -0.25) is 18.3 Å². The second-order valence-corrected chi connectivity index (χ2v) is 14.2. The van der Waals surface area contributed by atoms with Crippen molar-refractivity contribution in [1.29, 1.82) is 0 Å². The molecule has 4 aromatic rings. The highest BCUT2D eigenvalue weighted by Gasteiger charge is 2.50. The van der Waals surface area contributed by atoms with Gasteiger partial charge in [0.1, 0.15) is 73.0 Å². The van der Waals surface area contributed by atoms with Crippen molar-refractivity contribution in [2.24, 2.45) is 0 Å². The maximum absolute atomic E-state index is 13.1. The molecule has 7 heterocycles. The van der Waals surface area contributed by atoms with Gasteiger partial charge in [-0.1, -0.05) is 0 Å². The summed E-state index contributed by atoms with van der Waals surface area (Å²) >= 11 is 0. The molecule has 0 spiro atoms. The van der Waals surface area contributed by atoms with E-state index in [2.05, 4.69) is 29.9 Å². The van der Waals surface area contributed by atoms with E-state index < -0.39 is 90.2 Å². The average molecular weight is 686 g/mol. The molecule has 0 aliphatic carbocycles. The van der Waals surface area contributed by atoms with E-state index in [1.807, 2.05) is 0 Å². The lowest BCUT2D eigenvalue weighted by Crippen LogP contribution is -2.38. The van der Waals surface area contributed by atoms with E-state index in [0.717, 1.165) is 0 Å². The summed E-state index contributed by atoms with van der Waals surface area (Å²) in [5.74, 6) is 0.160. The zero-order valence-corrected chi connectivity index (χ0v) is 25.2. The van der Waals surface area contributed by atoms with Crippen LogP contribution in [0.1, 0.15) is 12.5 Å². The Bertz CT molecular complexity index is 1730. The van der Waals surface area contributed by atoms with Gasteiger partial charge in [-0.15, -0.1) is 0 Å².